The number of hydrogen-bond acceptors (Lipinski definition) is 3. The summed E-state index contributed by atoms with van der Waals surface area (Å²) in [6.45, 7) is 3.76. The number of aliphatic imine (C=N–C) groups is 1. The van der Waals surface area contributed by atoms with E-state index in [4.69, 9.17) is 9.47 Å². The zero-order valence-corrected chi connectivity index (χ0v) is 15.5. The molecule has 1 atom stereocenters. The van der Waals surface area contributed by atoms with E-state index in [1.165, 1.54) is 12.1 Å². The lowest BCUT2D eigenvalue weighted by atomic mass is 10.1. The Morgan fingerprint density at radius 3 is 2.46 bits per heavy atom. The Morgan fingerprint density at radius 1 is 1.08 bits per heavy atom. The van der Waals surface area contributed by atoms with Crippen molar-refractivity contribution in [1.82, 2.24) is 10.6 Å². The number of guanidine groups is 1. The standard InChI is InChI=1S/C20H26FN3O2/c1-4-22-20(23-13-16-7-5-6-8-18(16)25-2)24-14-19(26-3)15-9-11-17(21)12-10-15/h5-12,19H,4,13-14H2,1-3H3,(H2,22,23,24). The van der Waals surface area contributed by atoms with Gasteiger partial charge in [-0.3, -0.25) is 0 Å². The van der Waals surface area contributed by atoms with Crippen molar-refractivity contribution in [2.24, 2.45) is 4.99 Å². The molecule has 2 rings (SSSR count). The van der Waals surface area contributed by atoms with E-state index in [1.54, 1.807) is 26.4 Å². The second kappa shape index (κ2) is 10.4. The maximum Gasteiger partial charge on any atom is 0.191 e. The van der Waals surface area contributed by atoms with E-state index in [0.717, 1.165) is 23.4 Å². The molecule has 0 fully saturated rings. The molecule has 0 radical (unpaired) electrons. The molecule has 0 saturated carbocycles. The van der Waals surface area contributed by atoms with Gasteiger partial charge in [0, 0.05) is 25.8 Å². The molecule has 0 aromatic heterocycles. The van der Waals surface area contributed by atoms with Gasteiger partial charge in [-0.05, 0) is 30.7 Å². The molecule has 2 aromatic carbocycles. The van der Waals surface area contributed by atoms with Gasteiger partial charge in [0.1, 0.15) is 11.6 Å². The Labute approximate surface area is 154 Å². The third kappa shape index (κ3) is 5.74. The van der Waals surface area contributed by atoms with Crippen LogP contribution in [0.25, 0.3) is 0 Å². The van der Waals surface area contributed by atoms with Crippen LogP contribution in [-0.2, 0) is 11.3 Å². The zero-order chi connectivity index (χ0) is 18.8. The molecule has 140 valence electrons. The van der Waals surface area contributed by atoms with Crippen molar-refractivity contribution in [3.8, 4) is 5.75 Å². The van der Waals surface area contributed by atoms with E-state index in [0.29, 0.717) is 19.0 Å². The molecule has 0 aliphatic rings. The lowest BCUT2D eigenvalue weighted by Gasteiger charge is -2.19. The first-order valence-corrected chi connectivity index (χ1v) is 8.60. The third-order valence-corrected chi connectivity index (χ3v) is 3.93. The fourth-order valence-corrected chi connectivity index (χ4v) is 2.54. The molecule has 0 aliphatic carbocycles. The van der Waals surface area contributed by atoms with Crippen LogP contribution >= 0.6 is 0 Å². The lowest BCUT2D eigenvalue weighted by molar-refractivity contribution is 0.106. The summed E-state index contributed by atoms with van der Waals surface area (Å²) in [6.07, 6.45) is -0.203. The van der Waals surface area contributed by atoms with E-state index in [-0.39, 0.29) is 11.9 Å². The molecule has 0 spiro atoms. The summed E-state index contributed by atoms with van der Waals surface area (Å²) < 4.78 is 24.0. The number of benzene rings is 2. The number of ether oxygens (including phenoxy) is 2. The fraction of sp³-hybridized carbons (Fsp3) is 0.350. The van der Waals surface area contributed by atoms with Crippen molar-refractivity contribution in [1.29, 1.82) is 0 Å². The number of methoxy groups -OCH3 is 2. The van der Waals surface area contributed by atoms with Crippen molar-refractivity contribution >= 4 is 5.96 Å². The van der Waals surface area contributed by atoms with Crippen LogP contribution in [0.3, 0.4) is 0 Å². The quantitative estimate of drug-likeness (QED) is 0.561. The molecule has 5 nitrogen and oxygen atoms in total. The van der Waals surface area contributed by atoms with Gasteiger partial charge in [0.15, 0.2) is 5.96 Å². The molecular formula is C20H26FN3O2. The van der Waals surface area contributed by atoms with Crippen LogP contribution in [0.4, 0.5) is 4.39 Å². The average molecular weight is 359 g/mol. The second-order valence-corrected chi connectivity index (χ2v) is 5.66. The summed E-state index contributed by atoms with van der Waals surface area (Å²) in [5.74, 6) is 1.24. The first kappa shape index (κ1) is 19.7. The van der Waals surface area contributed by atoms with Gasteiger partial charge < -0.3 is 20.1 Å². The monoisotopic (exact) mass is 359 g/mol. The SMILES string of the molecule is CCNC(=NCc1ccccc1OC)NCC(OC)c1ccc(F)cc1. The number of hydrogen-bond donors (Lipinski definition) is 2. The summed E-state index contributed by atoms with van der Waals surface area (Å²) in [5, 5.41) is 6.48. The molecule has 0 amide bonds. The summed E-state index contributed by atoms with van der Waals surface area (Å²) in [6, 6.07) is 14.1. The maximum absolute atomic E-state index is 13.1. The highest BCUT2D eigenvalue weighted by Crippen LogP contribution is 2.18. The van der Waals surface area contributed by atoms with Crippen LogP contribution in [0.1, 0.15) is 24.2 Å². The second-order valence-electron chi connectivity index (χ2n) is 5.66. The zero-order valence-electron chi connectivity index (χ0n) is 15.5. The predicted molar refractivity (Wildman–Crippen MR) is 102 cm³/mol. The summed E-state index contributed by atoms with van der Waals surface area (Å²) in [5.41, 5.74) is 1.91. The molecule has 0 aliphatic heterocycles. The van der Waals surface area contributed by atoms with Crippen molar-refractivity contribution < 1.29 is 13.9 Å². The molecule has 0 heterocycles. The van der Waals surface area contributed by atoms with E-state index >= 15 is 0 Å². The van der Waals surface area contributed by atoms with E-state index in [9.17, 15) is 4.39 Å². The van der Waals surface area contributed by atoms with Gasteiger partial charge in [0.2, 0.25) is 0 Å². The van der Waals surface area contributed by atoms with Crippen LogP contribution in [0.2, 0.25) is 0 Å². The molecule has 26 heavy (non-hydrogen) atoms. The highest BCUT2D eigenvalue weighted by atomic mass is 19.1. The smallest absolute Gasteiger partial charge is 0.191 e. The lowest BCUT2D eigenvalue weighted by Crippen LogP contribution is -2.39. The van der Waals surface area contributed by atoms with Crippen molar-refractivity contribution in [2.45, 2.75) is 19.6 Å². The first-order chi connectivity index (χ1) is 12.7. The van der Waals surface area contributed by atoms with Crippen molar-refractivity contribution in [3.05, 3.63) is 65.5 Å². The van der Waals surface area contributed by atoms with Gasteiger partial charge in [-0.25, -0.2) is 9.38 Å². The minimum atomic E-state index is -0.261. The van der Waals surface area contributed by atoms with Gasteiger partial charge in [-0.15, -0.1) is 0 Å². The predicted octanol–water partition coefficient (Wildman–Crippen LogP) is 3.28. The minimum absolute atomic E-state index is 0.203. The highest BCUT2D eigenvalue weighted by Gasteiger charge is 2.11. The van der Waals surface area contributed by atoms with E-state index < -0.39 is 0 Å². The van der Waals surface area contributed by atoms with Crippen molar-refractivity contribution in [2.75, 3.05) is 27.3 Å². The molecule has 1 unspecified atom stereocenters. The molecule has 2 aromatic rings. The largest absolute Gasteiger partial charge is 0.496 e. The van der Waals surface area contributed by atoms with E-state index in [2.05, 4.69) is 15.6 Å². The number of nitrogens with one attached hydrogen (secondary N) is 2. The van der Waals surface area contributed by atoms with Gasteiger partial charge in [-0.2, -0.15) is 0 Å². The fourth-order valence-electron chi connectivity index (χ4n) is 2.54. The Kier molecular flexibility index (Phi) is 7.89. The normalized spacial score (nSPS) is 12.5. The molecule has 2 N–H and O–H groups in total. The Morgan fingerprint density at radius 2 is 1.81 bits per heavy atom. The number of halogens is 1. The van der Waals surface area contributed by atoms with Gasteiger partial charge in [-0.1, -0.05) is 30.3 Å². The summed E-state index contributed by atoms with van der Waals surface area (Å²) in [7, 11) is 3.28. The molecular weight excluding hydrogens is 333 g/mol. The number of rotatable bonds is 8. The van der Waals surface area contributed by atoms with Crippen LogP contribution < -0.4 is 15.4 Å². The molecule has 6 heteroatoms. The van der Waals surface area contributed by atoms with Crippen LogP contribution in [-0.4, -0.2) is 33.3 Å². The Hall–Kier alpha value is -2.60. The average Bonchev–Trinajstić information content (AvgIpc) is 2.67. The van der Waals surface area contributed by atoms with Crippen LogP contribution in [0.5, 0.6) is 5.75 Å². The van der Waals surface area contributed by atoms with Crippen molar-refractivity contribution in [3.63, 3.8) is 0 Å². The van der Waals surface area contributed by atoms with E-state index in [1.807, 2.05) is 31.2 Å². The Balaban J connectivity index is 2.03. The number of para-hydroxylation sites is 1. The van der Waals surface area contributed by atoms with Crippen LogP contribution in [0, 0.1) is 5.82 Å². The summed E-state index contributed by atoms with van der Waals surface area (Å²) >= 11 is 0. The molecule has 0 saturated heterocycles. The molecule has 0 bridgehead atoms. The third-order valence-electron chi connectivity index (χ3n) is 3.93. The highest BCUT2D eigenvalue weighted by molar-refractivity contribution is 5.79. The van der Waals surface area contributed by atoms with Gasteiger partial charge in [0.05, 0.1) is 19.8 Å². The Bertz CT molecular complexity index is 704. The first-order valence-electron chi connectivity index (χ1n) is 8.60. The van der Waals surface area contributed by atoms with Gasteiger partial charge >= 0.3 is 0 Å². The van der Waals surface area contributed by atoms with Gasteiger partial charge in [0.25, 0.3) is 0 Å². The number of nitrogens with zero attached hydrogens (tertiary/aromatic N) is 1. The maximum atomic E-state index is 13.1. The topological polar surface area (TPSA) is 54.9 Å². The summed E-state index contributed by atoms with van der Waals surface area (Å²) in [4.78, 5) is 4.61. The van der Waals surface area contributed by atoms with Crippen LogP contribution in [0.15, 0.2) is 53.5 Å². The minimum Gasteiger partial charge on any atom is -0.496 e.